The Balaban J connectivity index is 1.48. The highest BCUT2D eigenvalue weighted by Crippen LogP contribution is 2.34. The summed E-state index contributed by atoms with van der Waals surface area (Å²) < 4.78 is 0. The van der Waals surface area contributed by atoms with E-state index in [-0.39, 0.29) is 5.75 Å². The lowest BCUT2D eigenvalue weighted by molar-refractivity contribution is 0.475. The number of hydrogen-bond acceptors (Lipinski definition) is 3. The van der Waals surface area contributed by atoms with Crippen molar-refractivity contribution in [3.05, 3.63) is 120 Å². The second-order valence-electron chi connectivity index (χ2n) is 8.22. The van der Waals surface area contributed by atoms with Crippen molar-refractivity contribution in [2.45, 2.75) is 13.1 Å². The number of hydrogen-bond donors (Lipinski definition) is 3. The molecule has 0 radical (unpaired) electrons. The summed E-state index contributed by atoms with van der Waals surface area (Å²) in [6.07, 6.45) is 1.86. The zero-order chi connectivity index (χ0) is 22.6. The average molecular weight is 431 g/mol. The molecule has 0 atom stereocenters. The van der Waals surface area contributed by atoms with Crippen molar-refractivity contribution in [2.24, 2.45) is 0 Å². The molecule has 162 valence electrons. The third-order valence-electron chi connectivity index (χ3n) is 6.00. The third-order valence-corrected chi connectivity index (χ3v) is 6.00. The lowest BCUT2D eigenvalue weighted by atomic mass is 10.0. The Bertz CT molecular complexity index is 1420. The zero-order valence-electron chi connectivity index (χ0n) is 18.4. The molecule has 5 aromatic rings. The molecule has 0 saturated heterocycles. The summed E-state index contributed by atoms with van der Waals surface area (Å²) in [5.74, 6) is 0.283. The van der Waals surface area contributed by atoms with E-state index in [9.17, 15) is 5.11 Å². The summed E-state index contributed by atoms with van der Waals surface area (Å²) in [6.45, 7) is 5.26. The van der Waals surface area contributed by atoms with Gasteiger partial charge in [-0.2, -0.15) is 0 Å². The van der Waals surface area contributed by atoms with Crippen molar-refractivity contribution in [2.75, 3.05) is 10.6 Å². The summed E-state index contributed by atoms with van der Waals surface area (Å²) in [7, 11) is 0. The number of anilines is 2. The molecular formula is C30H26N2O. The Morgan fingerprint density at radius 1 is 0.636 bits per heavy atom. The van der Waals surface area contributed by atoms with E-state index in [1.807, 2.05) is 18.2 Å². The van der Waals surface area contributed by atoms with Crippen LogP contribution in [0.2, 0.25) is 0 Å². The predicted molar refractivity (Wildman–Crippen MR) is 141 cm³/mol. The highest BCUT2D eigenvalue weighted by molar-refractivity contribution is 6.08. The first-order valence-corrected chi connectivity index (χ1v) is 11.1. The number of phenolic OH excluding ortho intramolecular Hbond substituents is 1. The second kappa shape index (κ2) is 9.09. The molecule has 0 aliphatic heterocycles. The van der Waals surface area contributed by atoms with Gasteiger partial charge in [0, 0.05) is 35.2 Å². The van der Waals surface area contributed by atoms with Crippen molar-refractivity contribution in [1.82, 2.24) is 0 Å². The van der Waals surface area contributed by atoms with Crippen molar-refractivity contribution < 1.29 is 5.11 Å². The maximum absolute atomic E-state index is 9.54. The van der Waals surface area contributed by atoms with Crippen LogP contribution in [0.3, 0.4) is 0 Å². The number of benzene rings is 5. The molecule has 0 saturated carbocycles. The highest BCUT2D eigenvalue weighted by atomic mass is 16.3. The van der Waals surface area contributed by atoms with Gasteiger partial charge < -0.3 is 15.7 Å². The fourth-order valence-corrected chi connectivity index (χ4v) is 4.12. The van der Waals surface area contributed by atoms with Crippen molar-refractivity contribution in [1.29, 1.82) is 0 Å². The number of phenols is 1. The van der Waals surface area contributed by atoms with Gasteiger partial charge in [0.25, 0.3) is 0 Å². The van der Waals surface area contributed by atoms with E-state index in [4.69, 9.17) is 0 Å². The van der Waals surface area contributed by atoms with Crippen LogP contribution in [-0.2, 0) is 13.1 Å². The van der Waals surface area contributed by atoms with E-state index < -0.39 is 0 Å². The van der Waals surface area contributed by atoms with E-state index in [1.54, 1.807) is 12.1 Å². The molecule has 0 aliphatic rings. The van der Waals surface area contributed by atoms with Crippen LogP contribution in [0.15, 0.2) is 104 Å². The standard InChI is InChI=1S/C30H26N2O/c1-2-21-7-9-22(10-8-21)19-31-29-15-16-30(32-20-23-11-13-26(33)14-12-23)28-18-25-6-4-3-5-24(25)17-27(28)29/h2-18,31-33H,1,19-20H2. The zero-order valence-corrected chi connectivity index (χ0v) is 18.4. The molecule has 3 nitrogen and oxygen atoms in total. The molecule has 0 unspecified atom stereocenters. The maximum atomic E-state index is 9.54. The summed E-state index contributed by atoms with van der Waals surface area (Å²) in [4.78, 5) is 0. The average Bonchev–Trinajstić information content (AvgIpc) is 2.86. The number of aromatic hydroxyl groups is 1. The molecule has 5 aromatic carbocycles. The summed E-state index contributed by atoms with van der Waals surface area (Å²) in [5, 5.41) is 21.6. The van der Waals surface area contributed by atoms with E-state index in [0.717, 1.165) is 29.0 Å². The molecule has 0 fully saturated rings. The Morgan fingerprint density at radius 2 is 1.12 bits per heavy atom. The SMILES string of the molecule is C=Cc1ccc(CNc2ccc(NCc3ccc(O)cc3)c3cc4ccccc4cc23)cc1. The van der Waals surface area contributed by atoms with Gasteiger partial charge in [0.1, 0.15) is 5.75 Å². The number of nitrogens with one attached hydrogen (secondary N) is 2. The lowest BCUT2D eigenvalue weighted by Crippen LogP contribution is -2.03. The van der Waals surface area contributed by atoms with Crippen LogP contribution in [0.5, 0.6) is 5.75 Å². The van der Waals surface area contributed by atoms with Crippen LogP contribution < -0.4 is 10.6 Å². The first-order chi connectivity index (χ1) is 16.2. The number of rotatable bonds is 7. The number of fused-ring (bicyclic) bond motifs is 2. The first kappa shape index (κ1) is 20.7. The maximum Gasteiger partial charge on any atom is 0.115 e. The van der Waals surface area contributed by atoms with E-state index in [2.05, 4.69) is 90.0 Å². The quantitative estimate of drug-likeness (QED) is 0.233. The van der Waals surface area contributed by atoms with Crippen LogP contribution in [0.4, 0.5) is 11.4 Å². The molecular weight excluding hydrogens is 404 g/mol. The van der Waals surface area contributed by atoms with E-state index in [0.29, 0.717) is 6.54 Å². The molecule has 0 aromatic heterocycles. The minimum atomic E-state index is 0.283. The van der Waals surface area contributed by atoms with Crippen molar-refractivity contribution in [3.8, 4) is 5.75 Å². The molecule has 3 heteroatoms. The highest BCUT2D eigenvalue weighted by Gasteiger charge is 2.09. The molecule has 0 aliphatic carbocycles. The Labute approximate surface area is 194 Å². The van der Waals surface area contributed by atoms with Crippen molar-refractivity contribution in [3.63, 3.8) is 0 Å². The van der Waals surface area contributed by atoms with Gasteiger partial charge in [0.2, 0.25) is 0 Å². The van der Waals surface area contributed by atoms with Gasteiger partial charge in [-0.25, -0.2) is 0 Å². The first-order valence-electron chi connectivity index (χ1n) is 11.1. The molecule has 0 amide bonds. The molecule has 33 heavy (non-hydrogen) atoms. The molecule has 0 spiro atoms. The minimum absolute atomic E-state index is 0.283. The smallest absolute Gasteiger partial charge is 0.115 e. The summed E-state index contributed by atoms with van der Waals surface area (Å²) >= 11 is 0. The largest absolute Gasteiger partial charge is 0.508 e. The van der Waals surface area contributed by atoms with Gasteiger partial charge in [0.05, 0.1) is 0 Å². The van der Waals surface area contributed by atoms with Gasteiger partial charge in [0.15, 0.2) is 0 Å². The molecule has 0 bridgehead atoms. The van der Waals surface area contributed by atoms with Crippen LogP contribution in [0, 0.1) is 0 Å². The van der Waals surface area contributed by atoms with Crippen LogP contribution >= 0.6 is 0 Å². The normalized spacial score (nSPS) is 10.9. The Morgan fingerprint density at radius 3 is 1.61 bits per heavy atom. The van der Waals surface area contributed by atoms with Gasteiger partial charge in [-0.05, 0) is 63.9 Å². The van der Waals surface area contributed by atoms with Gasteiger partial charge in [-0.15, -0.1) is 0 Å². The van der Waals surface area contributed by atoms with E-state index >= 15 is 0 Å². The van der Waals surface area contributed by atoms with E-state index in [1.165, 1.54) is 27.1 Å². The molecule has 5 rings (SSSR count). The topological polar surface area (TPSA) is 44.3 Å². The van der Waals surface area contributed by atoms with Gasteiger partial charge in [-0.1, -0.05) is 73.3 Å². The predicted octanol–water partition coefficient (Wildman–Crippen LogP) is 7.57. The van der Waals surface area contributed by atoms with Crippen molar-refractivity contribution >= 4 is 39.0 Å². The summed E-state index contributed by atoms with van der Waals surface area (Å²) in [5.41, 5.74) is 5.67. The van der Waals surface area contributed by atoms with Gasteiger partial charge >= 0.3 is 0 Å². The third kappa shape index (κ3) is 4.53. The Hall–Kier alpha value is -4.24. The summed E-state index contributed by atoms with van der Waals surface area (Å²) in [6, 6.07) is 33.0. The van der Waals surface area contributed by atoms with Gasteiger partial charge in [-0.3, -0.25) is 0 Å². The van der Waals surface area contributed by atoms with Crippen LogP contribution in [-0.4, -0.2) is 5.11 Å². The monoisotopic (exact) mass is 430 g/mol. The molecule has 3 N–H and O–H groups in total. The lowest BCUT2D eigenvalue weighted by Gasteiger charge is -2.16. The second-order valence-corrected chi connectivity index (χ2v) is 8.22. The fraction of sp³-hybridized carbons (Fsp3) is 0.0667. The van der Waals surface area contributed by atoms with Crippen LogP contribution in [0.1, 0.15) is 16.7 Å². The minimum Gasteiger partial charge on any atom is -0.508 e. The van der Waals surface area contributed by atoms with Crippen LogP contribution in [0.25, 0.3) is 27.6 Å². The fourth-order valence-electron chi connectivity index (χ4n) is 4.12. The molecule has 0 heterocycles. The Kier molecular flexibility index (Phi) is 5.69.